The summed E-state index contributed by atoms with van der Waals surface area (Å²) in [6, 6.07) is 7.95. The number of pyridine rings is 1. The molecule has 2 aromatic rings. The van der Waals surface area contributed by atoms with E-state index in [0.29, 0.717) is 5.69 Å². The fourth-order valence-electron chi connectivity index (χ4n) is 1.64. The molecule has 1 atom stereocenters. The van der Waals surface area contributed by atoms with Gasteiger partial charge in [-0.15, -0.1) is 0 Å². The van der Waals surface area contributed by atoms with E-state index in [-0.39, 0.29) is 17.5 Å². The Labute approximate surface area is 114 Å². The van der Waals surface area contributed by atoms with Gasteiger partial charge in [-0.05, 0) is 31.2 Å². The first-order valence-corrected chi connectivity index (χ1v) is 5.93. The fraction of sp³-hybridized carbons (Fsp3) is 0.214. The van der Waals surface area contributed by atoms with Gasteiger partial charge in [-0.2, -0.15) is 13.2 Å². The zero-order valence-electron chi connectivity index (χ0n) is 10.7. The number of alkyl halides is 3. The van der Waals surface area contributed by atoms with Crippen LogP contribution in [0, 0.1) is 0 Å². The Morgan fingerprint density at radius 1 is 1.15 bits per heavy atom. The van der Waals surface area contributed by atoms with E-state index in [4.69, 9.17) is 10.5 Å². The Balaban J connectivity index is 2.26. The summed E-state index contributed by atoms with van der Waals surface area (Å²) in [6.07, 6.45) is -3.11. The van der Waals surface area contributed by atoms with E-state index in [1.54, 1.807) is 19.1 Å². The van der Waals surface area contributed by atoms with Crippen molar-refractivity contribution in [3.05, 3.63) is 53.9 Å². The maximum Gasteiger partial charge on any atom is 0.419 e. The van der Waals surface area contributed by atoms with E-state index in [9.17, 15) is 13.2 Å². The summed E-state index contributed by atoms with van der Waals surface area (Å²) in [5.74, 6) is -0.0264. The first kappa shape index (κ1) is 14.3. The van der Waals surface area contributed by atoms with Crippen LogP contribution in [0.1, 0.15) is 24.2 Å². The SMILES string of the molecule is C[C@H](N)c1ccc(Oc2ccccc2C(F)(F)F)cn1. The second-order valence-electron chi connectivity index (χ2n) is 4.30. The number of hydrogen-bond donors (Lipinski definition) is 1. The van der Waals surface area contributed by atoms with Crippen molar-refractivity contribution in [2.24, 2.45) is 5.73 Å². The quantitative estimate of drug-likeness (QED) is 0.928. The van der Waals surface area contributed by atoms with Crippen molar-refractivity contribution in [3.8, 4) is 11.5 Å². The molecule has 0 aliphatic heterocycles. The molecule has 20 heavy (non-hydrogen) atoms. The van der Waals surface area contributed by atoms with Crippen LogP contribution in [0.5, 0.6) is 11.5 Å². The predicted octanol–water partition coefficient (Wildman–Crippen LogP) is 3.91. The van der Waals surface area contributed by atoms with Gasteiger partial charge in [-0.1, -0.05) is 12.1 Å². The Kier molecular flexibility index (Phi) is 3.94. The van der Waals surface area contributed by atoms with E-state index >= 15 is 0 Å². The highest BCUT2D eigenvalue weighted by atomic mass is 19.4. The number of benzene rings is 1. The standard InChI is InChI=1S/C14H13F3N2O/c1-9(18)12-7-6-10(8-19-12)20-13-5-3-2-4-11(13)14(15,16)17/h2-9H,18H2,1H3/t9-/m0/s1. The molecule has 106 valence electrons. The summed E-state index contributed by atoms with van der Waals surface area (Å²) < 4.78 is 43.7. The number of halogens is 3. The molecular weight excluding hydrogens is 269 g/mol. The van der Waals surface area contributed by atoms with Crippen LogP contribution >= 0.6 is 0 Å². The topological polar surface area (TPSA) is 48.1 Å². The molecule has 0 amide bonds. The second-order valence-corrected chi connectivity index (χ2v) is 4.30. The van der Waals surface area contributed by atoms with E-state index in [1.807, 2.05) is 0 Å². The van der Waals surface area contributed by atoms with Gasteiger partial charge in [0.2, 0.25) is 0 Å². The Morgan fingerprint density at radius 2 is 1.85 bits per heavy atom. The molecule has 2 N–H and O–H groups in total. The lowest BCUT2D eigenvalue weighted by Gasteiger charge is -2.13. The largest absolute Gasteiger partial charge is 0.455 e. The third-order valence-electron chi connectivity index (χ3n) is 2.65. The lowest BCUT2D eigenvalue weighted by atomic mass is 10.2. The number of ether oxygens (including phenoxy) is 1. The summed E-state index contributed by atoms with van der Waals surface area (Å²) in [6.45, 7) is 1.77. The van der Waals surface area contributed by atoms with Crippen molar-refractivity contribution in [1.82, 2.24) is 4.98 Å². The van der Waals surface area contributed by atoms with Gasteiger partial charge in [0.25, 0.3) is 0 Å². The normalized spacial score (nSPS) is 13.1. The number of nitrogens with zero attached hydrogens (tertiary/aromatic N) is 1. The number of para-hydroxylation sites is 1. The summed E-state index contributed by atoms with van der Waals surface area (Å²) in [5, 5.41) is 0. The minimum atomic E-state index is -4.46. The molecule has 0 saturated carbocycles. The first-order valence-electron chi connectivity index (χ1n) is 5.93. The average Bonchev–Trinajstić information content (AvgIpc) is 2.38. The van der Waals surface area contributed by atoms with Crippen LogP contribution in [-0.4, -0.2) is 4.98 Å². The maximum absolute atomic E-state index is 12.8. The van der Waals surface area contributed by atoms with Crippen LogP contribution in [0.15, 0.2) is 42.6 Å². The Bertz CT molecular complexity index is 580. The average molecular weight is 282 g/mol. The molecule has 0 saturated heterocycles. The van der Waals surface area contributed by atoms with E-state index in [2.05, 4.69) is 4.98 Å². The van der Waals surface area contributed by atoms with Gasteiger partial charge in [0.1, 0.15) is 11.5 Å². The van der Waals surface area contributed by atoms with Crippen LogP contribution in [0.3, 0.4) is 0 Å². The highest BCUT2D eigenvalue weighted by Crippen LogP contribution is 2.37. The van der Waals surface area contributed by atoms with Crippen LogP contribution in [0.2, 0.25) is 0 Å². The van der Waals surface area contributed by atoms with Crippen molar-refractivity contribution in [2.75, 3.05) is 0 Å². The third-order valence-corrected chi connectivity index (χ3v) is 2.65. The summed E-state index contributed by atoms with van der Waals surface area (Å²) in [4.78, 5) is 4.03. The number of aromatic nitrogens is 1. The van der Waals surface area contributed by atoms with Crippen molar-refractivity contribution < 1.29 is 17.9 Å². The zero-order valence-corrected chi connectivity index (χ0v) is 10.7. The van der Waals surface area contributed by atoms with Gasteiger partial charge in [-0.3, -0.25) is 4.98 Å². The molecule has 0 aliphatic carbocycles. The van der Waals surface area contributed by atoms with E-state index in [1.165, 1.54) is 24.4 Å². The fourth-order valence-corrected chi connectivity index (χ4v) is 1.64. The molecule has 1 aromatic carbocycles. The Morgan fingerprint density at radius 3 is 2.40 bits per heavy atom. The van der Waals surface area contributed by atoms with Gasteiger partial charge in [0.15, 0.2) is 0 Å². The number of hydrogen-bond acceptors (Lipinski definition) is 3. The molecule has 0 unspecified atom stereocenters. The second kappa shape index (κ2) is 5.50. The van der Waals surface area contributed by atoms with Gasteiger partial charge in [0, 0.05) is 6.04 Å². The molecular formula is C14H13F3N2O. The molecule has 6 heteroatoms. The van der Waals surface area contributed by atoms with E-state index in [0.717, 1.165) is 6.07 Å². The number of nitrogens with two attached hydrogens (primary N) is 1. The third kappa shape index (κ3) is 3.27. The smallest absolute Gasteiger partial charge is 0.419 e. The molecule has 0 bridgehead atoms. The molecule has 2 rings (SSSR count). The zero-order chi connectivity index (χ0) is 14.8. The summed E-state index contributed by atoms with van der Waals surface area (Å²) >= 11 is 0. The molecule has 0 aliphatic rings. The summed E-state index contributed by atoms with van der Waals surface area (Å²) in [7, 11) is 0. The van der Waals surface area contributed by atoms with Crippen molar-refractivity contribution in [1.29, 1.82) is 0 Å². The maximum atomic E-state index is 12.8. The van der Waals surface area contributed by atoms with Gasteiger partial charge >= 0.3 is 6.18 Å². The minimum absolute atomic E-state index is 0.228. The van der Waals surface area contributed by atoms with E-state index < -0.39 is 11.7 Å². The molecule has 1 aromatic heterocycles. The van der Waals surface area contributed by atoms with Crippen LogP contribution < -0.4 is 10.5 Å². The first-order chi connectivity index (χ1) is 9.38. The number of rotatable bonds is 3. The molecule has 0 radical (unpaired) electrons. The van der Waals surface area contributed by atoms with Gasteiger partial charge < -0.3 is 10.5 Å². The van der Waals surface area contributed by atoms with Crippen LogP contribution in [0.25, 0.3) is 0 Å². The molecule has 1 heterocycles. The molecule has 0 fully saturated rings. The lowest BCUT2D eigenvalue weighted by molar-refractivity contribution is -0.138. The van der Waals surface area contributed by atoms with Crippen LogP contribution in [0.4, 0.5) is 13.2 Å². The van der Waals surface area contributed by atoms with Crippen molar-refractivity contribution >= 4 is 0 Å². The Hall–Kier alpha value is -2.08. The lowest BCUT2D eigenvalue weighted by Crippen LogP contribution is -2.08. The molecule has 0 spiro atoms. The van der Waals surface area contributed by atoms with Gasteiger partial charge in [0.05, 0.1) is 17.5 Å². The molecule has 3 nitrogen and oxygen atoms in total. The van der Waals surface area contributed by atoms with Crippen molar-refractivity contribution in [2.45, 2.75) is 19.1 Å². The highest BCUT2D eigenvalue weighted by molar-refractivity contribution is 5.39. The summed E-state index contributed by atoms with van der Waals surface area (Å²) in [5.41, 5.74) is 5.46. The van der Waals surface area contributed by atoms with Crippen molar-refractivity contribution in [3.63, 3.8) is 0 Å². The predicted molar refractivity (Wildman–Crippen MR) is 68.4 cm³/mol. The monoisotopic (exact) mass is 282 g/mol. The minimum Gasteiger partial charge on any atom is -0.455 e. The van der Waals surface area contributed by atoms with Gasteiger partial charge in [-0.25, -0.2) is 0 Å². The highest BCUT2D eigenvalue weighted by Gasteiger charge is 2.34. The van der Waals surface area contributed by atoms with Crippen LogP contribution in [-0.2, 0) is 6.18 Å².